The maximum atomic E-state index is 14.9. The van der Waals surface area contributed by atoms with Crippen molar-refractivity contribution < 1.29 is 9.18 Å². The Bertz CT molecular complexity index is 1450. The molecule has 196 valence electrons. The van der Waals surface area contributed by atoms with Crippen LogP contribution in [0.1, 0.15) is 42.5 Å². The molecule has 3 N–H and O–H groups in total. The first-order valence-electron chi connectivity index (χ1n) is 13.4. The molecule has 4 aromatic rings. The second-order valence-electron chi connectivity index (χ2n) is 10.1. The number of hydrogen-bond acceptors (Lipinski definition) is 6. The third kappa shape index (κ3) is 4.81. The number of rotatable bonds is 6. The lowest BCUT2D eigenvalue weighted by molar-refractivity contribution is 0.100. The summed E-state index contributed by atoms with van der Waals surface area (Å²) in [4.78, 5) is 25.7. The summed E-state index contributed by atoms with van der Waals surface area (Å²) in [5.74, 6) is -0.870. The average molecular weight is 514 g/mol. The van der Waals surface area contributed by atoms with Crippen LogP contribution in [0.4, 0.5) is 21.7 Å². The SMILES string of the molecule is NC(=O)c1cn(-c2nc(Nc3cccc(N4CCC(N5CCCCC5)CC4)c3)ncc2F)c2ccccc12. The molecule has 6 rings (SSSR count). The van der Waals surface area contributed by atoms with Gasteiger partial charge in [-0.05, 0) is 63.0 Å². The molecule has 2 aromatic heterocycles. The highest BCUT2D eigenvalue weighted by Gasteiger charge is 2.26. The van der Waals surface area contributed by atoms with E-state index in [1.165, 1.54) is 51.4 Å². The summed E-state index contributed by atoms with van der Waals surface area (Å²) in [5.41, 5.74) is 8.49. The topological polar surface area (TPSA) is 92.3 Å². The Morgan fingerprint density at radius 1 is 1.00 bits per heavy atom. The van der Waals surface area contributed by atoms with Crippen LogP contribution in [0.25, 0.3) is 16.7 Å². The molecular formula is C29H32FN7O. The molecule has 2 aliphatic heterocycles. The molecule has 9 heteroatoms. The van der Waals surface area contributed by atoms with Gasteiger partial charge in [-0.1, -0.05) is 30.7 Å². The average Bonchev–Trinajstić information content (AvgIpc) is 3.35. The summed E-state index contributed by atoms with van der Waals surface area (Å²) < 4.78 is 16.4. The van der Waals surface area contributed by atoms with Crippen LogP contribution in [-0.4, -0.2) is 57.6 Å². The number of amides is 1. The van der Waals surface area contributed by atoms with Gasteiger partial charge in [-0.2, -0.15) is 4.98 Å². The zero-order chi connectivity index (χ0) is 26.1. The molecule has 2 saturated heterocycles. The van der Waals surface area contributed by atoms with E-state index in [1.807, 2.05) is 24.3 Å². The second-order valence-corrected chi connectivity index (χ2v) is 10.1. The molecule has 2 fully saturated rings. The van der Waals surface area contributed by atoms with Crippen molar-refractivity contribution in [3.05, 3.63) is 72.3 Å². The molecule has 0 unspecified atom stereocenters. The molecule has 0 saturated carbocycles. The highest BCUT2D eigenvalue weighted by molar-refractivity contribution is 6.06. The molecule has 0 radical (unpaired) electrons. The molecule has 0 atom stereocenters. The summed E-state index contributed by atoms with van der Waals surface area (Å²) in [6.45, 7) is 4.55. The second kappa shape index (κ2) is 10.4. The van der Waals surface area contributed by atoms with E-state index >= 15 is 0 Å². The maximum absolute atomic E-state index is 14.9. The molecule has 38 heavy (non-hydrogen) atoms. The van der Waals surface area contributed by atoms with E-state index in [4.69, 9.17) is 5.73 Å². The van der Waals surface area contributed by atoms with Crippen LogP contribution in [0.15, 0.2) is 60.9 Å². The van der Waals surface area contributed by atoms with Crippen LogP contribution in [0.2, 0.25) is 0 Å². The molecule has 1 amide bonds. The number of likely N-dealkylation sites (tertiary alicyclic amines) is 1. The van der Waals surface area contributed by atoms with Crippen molar-refractivity contribution >= 4 is 34.1 Å². The van der Waals surface area contributed by atoms with Gasteiger partial charge in [-0.15, -0.1) is 0 Å². The molecule has 2 aliphatic rings. The summed E-state index contributed by atoms with van der Waals surface area (Å²) in [7, 11) is 0. The fourth-order valence-electron chi connectivity index (χ4n) is 5.82. The van der Waals surface area contributed by atoms with E-state index in [0.29, 0.717) is 22.5 Å². The molecule has 0 aliphatic carbocycles. The Labute approximate surface area is 221 Å². The highest BCUT2D eigenvalue weighted by Crippen LogP contribution is 2.29. The third-order valence-electron chi connectivity index (χ3n) is 7.77. The number of aromatic nitrogens is 3. The van der Waals surface area contributed by atoms with Crippen molar-refractivity contribution in [3.63, 3.8) is 0 Å². The molecular weight excluding hydrogens is 481 g/mol. The van der Waals surface area contributed by atoms with E-state index in [2.05, 4.69) is 37.2 Å². The van der Waals surface area contributed by atoms with Crippen LogP contribution < -0.4 is 16.0 Å². The van der Waals surface area contributed by atoms with Gasteiger partial charge in [0.25, 0.3) is 5.91 Å². The Balaban J connectivity index is 1.21. The lowest BCUT2D eigenvalue weighted by atomic mass is 9.99. The van der Waals surface area contributed by atoms with Crippen LogP contribution >= 0.6 is 0 Å². The quantitative estimate of drug-likeness (QED) is 0.383. The predicted octanol–water partition coefficient (Wildman–Crippen LogP) is 4.86. The predicted molar refractivity (Wildman–Crippen MR) is 148 cm³/mol. The normalized spacial score (nSPS) is 17.1. The molecule has 8 nitrogen and oxygen atoms in total. The number of carbonyl (C=O) groups excluding carboxylic acids is 1. The number of nitrogens with zero attached hydrogens (tertiary/aromatic N) is 5. The van der Waals surface area contributed by atoms with Crippen molar-refractivity contribution in [1.29, 1.82) is 0 Å². The minimum atomic E-state index is -0.599. The van der Waals surface area contributed by atoms with Crippen molar-refractivity contribution in [1.82, 2.24) is 19.4 Å². The number of anilines is 3. The Hall–Kier alpha value is -3.98. The Kier molecular flexibility index (Phi) is 6.68. The van der Waals surface area contributed by atoms with Crippen LogP contribution in [0.5, 0.6) is 0 Å². The van der Waals surface area contributed by atoms with E-state index in [1.54, 1.807) is 16.7 Å². The van der Waals surface area contributed by atoms with Gasteiger partial charge in [0.05, 0.1) is 17.3 Å². The number of carbonyl (C=O) groups is 1. The summed E-state index contributed by atoms with van der Waals surface area (Å²) >= 11 is 0. The Morgan fingerprint density at radius 3 is 2.58 bits per heavy atom. The number of piperidine rings is 2. The molecule has 0 bridgehead atoms. The minimum Gasteiger partial charge on any atom is -0.371 e. The van der Waals surface area contributed by atoms with Gasteiger partial charge in [0.15, 0.2) is 11.6 Å². The van der Waals surface area contributed by atoms with Gasteiger partial charge in [0, 0.05) is 42.1 Å². The third-order valence-corrected chi connectivity index (χ3v) is 7.77. The highest BCUT2D eigenvalue weighted by atomic mass is 19.1. The molecule has 4 heterocycles. The van der Waals surface area contributed by atoms with Crippen molar-refractivity contribution in [2.24, 2.45) is 5.73 Å². The first-order chi connectivity index (χ1) is 18.6. The number of hydrogen-bond donors (Lipinski definition) is 2. The fourth-order valence-corrected chi connectivity index (χ4v) is 5.82. The lowest BCUT2D eigenvalue weighted by Crippen LogP contribution is -2.46. The van der Waals surface area contributed by atoms with Gasteiger partial charge in [-0.3, -0.25) is 9.36 Å². The monoisotopic (exact) mass is 513 g/mol. The van der Waals surface area contributed by atoms with Gasteiger partial charge in [-0.25, -0.2) is 9.37 Å². The summed E-state index contributed by atoms with van der Waals surface area (Å²) in [6.07, 6.45) is 9.04. The van der Waals surface area contributed by atoms with Crippen molar-refractivity contribution in [2.75, 3.05) is 36.4 Å². The zero-order valence-corrected chi connectivity index (χ0v) is 21.3. The molecule has 2 aromatic carbocycles. The van der Waals surface area contributed by atoms with E-state index in [-0.39, 0.29) is 11.8 Å². The Morgan fingerprint density at radius 2 is 1.79 bits per heavy atom. The molecule has 0 spiro atoms. The zero-order valence-electron chi connectivity index (χ0n) is 21.3. The number of halogens is 1. The first-order valence-corrected chi connectivity index (χ1v) is 13.4. The van der Waals surface area contributed by atoms with Crippen LogP contribution in [0, 0.1) is 5.82 Å². The van der Waals surface area contributed by atoms with Gasteiger partial charge in [0.1, 0.15) is 0 Å². The maximum Gasteiger partial charge on any atom is 0.250 e. The van der Waals surface area contributed by atoms with Gasteiger partial charge in [0.2, 0.25) is 5.95 Å². The van der Waals surface area contributed by atoms with E-state index in [9.17, 15) is 9.18 Å². The number of nitrogens with two attached hydrogens (primary N) is 1. The van der Waals surface area contributed by atoms with Crippen molar-refractivity contribution in [3.8, 4) is 5.82 Å². The standard InChI is InChI=1S/C29H32FN7O/c30-25-18-32-29(34-28(25)37-19-24(27(31)38)23-9-2-3-10-26(23)37)33-20-7-6-8-22(17-20)36-15-11-21(12-16-36)35-13-4-1-5-14-35/h2-3,6-10,17-19,21H,1,4-5,11-16H2,(H2,31,38)(H,32,33,34). The number of nitrogens with one attached hydrogen (secondary N) is 1. The summed E-state index contributed by atoms with van der Waals surface area (Å²) in [6, 6.07) is 16.1. The largest absolute Gasteiger partial charge is 0.371 e. The van der Waals surface area contributed by atoms with Crippen LogP contribution in [0.3, 0.4) is 0 Å². The summed E-state index contributed by atoms with van der Waals surface area (Å²) in [5, 5.41) is 3.87. The fraction of sp³-hybridized carbons (Fsp3) is 0.345. The minimum absolute atomic E-state index is 0.0436. The van der Waals surface area contributed by atoms with Gasteiger partial charge >= 0.3 is 0 Å². The number of primary amides is 1. The van der Waals surface area contributed by atoms with Crippen molar-refractivity contribution in [2.45, 2.75) is 38.1 Å². The van der Waals surface area contributed by atoms with E-state index < -0.39 is 11.7 Å². The first kappa shape index (κ1) is 24.4. The number of fused-ring (bicyclic) bond motifs is 1. The van der Waals surface area contributed by atoms with Gasteiger partial charge < -0.3 is 20.9 Å². The number of para-hydroxylation sites is 1. The van der Waals surface area contributed by atoms with Crippen LogP contribution in [-0.2, 0) is 0 Å². The smallest absolute Gasteiger partial charge is 0.250 e. The van der Waals surface area contributed by atoms with E-state index in [0.717, 1.165) is 30.7 Å². The lowest BCUT2D eigenvalue weighted by Gasteiger charge is -2.41. The number of benzene rings is 2.